The minimum Gasteiger partial charge on any atom is -0.342 e. The van der Waals surface area contributed by atoms with Crippen LogP contribution >= 0.6 is 23.2 Å². The smallest absolute Gasteiger partial charge is 0.142 e. The average Bonchev–Trinajstić information content (AvgIpc) is 2.76. The molecule has 2 aromatic carbocycles. The molecule has 1 aliphatic heterocycles. The molecule has 2 nitrogen and oxygen atoms in total. The third kappa shape index (κ3) is 2.97. The van der Waals surface area contributed by atoms with Crippen LogP contribution in [0.1, 0.15) is 18.9 Å². The first-order valence-corrected chi connectivity index (χ1v) is 7.97. The quantitative estimate of drug-likeness (QED) is 0.737. The van der Waals surface area contributed by atoms with Crippen LogP contribution in [0.5, 0.6) is 0 Å². The molecule has 0 amide bonds. The number of rotatable bonds is 4. The minimum absolute atomic E-state index is 0.651. The Bertz CT molecular complexity index is 681. The molecular formula is C17H18Cl2N2. The van der Waals surface area contributed by atoms with Gasteiger partial charge in [0.25, 0.3) is 0 Å². The lowest BCUT2D eigenvalue weighted by Gasteiger charge is -2.22. The van der Waals surface area contributed by atoms with Crippen molar-refractivity contribution in [1.82, 2.24) is 9.80 Å². The average molecular weight is 321 g/mol. The lowest BCUT2D eigenvalue weighted by molar-refractivity contribution is 0.253. The minimum atomic E-state index is 0.651. The molecule has 3 rings (SSSR count). The van der Waals surface area contributed by atoms with E-state index in [1.807, 2.05) is 0 Å². The van der Waals surface area contributed by atoms with Gasteiger partial charge in [0.05, 0.1) is 6.67 Å². The van der Waals surface area contributed by atoms with Crippen LogP contribution in [-0.2, 0) is 6.54 Å². The van der Waals surface area contributed by atoms with Gasteiger partial charge in [-0.3, -0.25) is 0 Å². The third-order valence-corrected chi connectivity index (χ3v) is 4.68. The molecule has 0 aliphatic carbocycles. The maximum Gasteiger partial charge on any atom is 0.142 e. The molecule has 0 saturated heterocycles. The van der Waals surface area contributed by atoms with Crippen molar-refractivity contribution in [1.29, 1.82) is 0 Å². The zero-order valence-corrected chi connectivity index (χ0v) is 13.5. The van der Waals surface area contributed by atoms with Gasteiger partial charge < -0.3 is 9.80 Å². The van der Waals surface area contributed by atoms with Crippen LogP contribution in [0.15, 0.2) is 52.8 Å². The molecule has 0 fully saturated rings. The van der Waals surface area contributed by atoms with Crippen LogP contribution in [0.3, 0.4) is 0 Å². The van der Waals surface area contributed by atoms with E-state index in [9.17, 15) is 0 Å². The highest BCUT2D eigenvalue weighted by molar-refractivity contribution is 6.38. The maximum atomic E-state index is 6.36. The van der Waals surface area contributed by atoms with E-state index >= 15 is 0 Å². The van der Waals surface area contributed by atoms with Gasteiger partial charge in [-0.15, -0.1) is 0 Å². The van der Waals surface area contributed by atoms with Crippen LogP contribution in [0.4, 0.5) is 0 Å². The van der Waals surface area contributed by atoms with E-state index in [0.717, 1.165) is 26.2 Å². The van der Waals surface area contributed by atoms with Crippen molar-refractivity contribution in [3.05, 3.63) is 58.3 Å². The summed E-state index contributed by atoms with van der Waals surface area (Å²) in [6, 6.07) is 14.9. The Morgan fingerprint density at radius 2 is 1.67 bits per heavy atom. The molecule has 110 valence electrons. The monoisotopic (exact) mass is 320 g/mol. The first-order chi connectivity index (χ1) is 10.2. The number of hydrogen-bond acceptors (Lipinski definition) is 2. The molecular weight excluding hydrogens is 303 g/mol. The second-order valence-corrected chi connectivity index (χ2v) is 6.08. The van der Waals surface area contributed by atoms with Crippen LogP contribution in [0.25, 0.3) is 10.8 Å². The fraction of sp³-hybridized carbons (Fsp3) is 0.294. The number of nitrogens with zero attached hydrogens (tertiary/aromatic N) is 2. The number of halogens is 2. The summed E-state index contributed by atoms with van der Waals surface area (Å²) in [6.07, 6.45) is 1.06. The molecule has 0 N–H and O–H groups in total. The lowest BCUT2D eigenvalue weighted by atomic mass is 10.1. The van der Waals surface area contributed by atoms with Gasteiger partial charge in [0.15, 0.2) is 0 Å². The molecule has 21 heavy (non-hydrogen) atoms. The van der Waals surface area contributed by atoms with Gasteiger partial charge in [0, 0.05) is 13.1 Å². The first-order valence-electron chi connectivity index (χ1n) is 7.22. The molecule has 0 bridgehead atoms. The van der Waals surface area contributed by atoms with Crippen LogP contribution in [0.2, 0.25) is 0 Å². The summed E-state index contributed by atoms with van der Waals surface area (Å²) in [5.74, 6) is 0. The van der Waals surface area contributed by atoms with Crippen molar-refractivity contribution in [3.8, 4) is 0 Å². The van der Waals surface area contributed by atoms with Gasteiger partial charge >= 0.3 is 0 Å². The van der Waals surface area contributed by atoms with Crippen molar-refractivity contribution < 1.29 is 0 Å². The van der Waals surface area contributed by atoms with Crippen molar-refractivity contribution in [2.24, 2.45) is 0 Å². The summed E-state index contributed by atoms with van der Waals surface area (Å²) in [7, 11) is 0. The molecule has 0 saturated carbocycles. The lowest BCUT2D eigenvalue weighted by Crippen LogP contribution is -2.27. The van der Waals surface area contributed by atoms with Crippen LogP contribution in [0, 0.1) is 0 Å². The standard InChI is InChI=1S/C17H18Cl2N2/c1-2-9-20-12-21(17(19)16(20)18)11-13-7-8-14-5-3-4-6-15(14)10-13/h3-8,10H,2,9,11-12H2,1H3. The zero-order valence-electron chi connectivity index (χ0n) is 12.0. The zero-order chi connectivity index (χ0) is 14.8. The molecule has 2 aromatic rings. The fourth-order valence-electron chi connectivity index (χ4n) is 2.71. The van der Waals surface area contributed by atoms with Gasteiger partial charge in [0.2, 0.25) is 0 Å². The van der Waals surface area contributed by atoms with Crippen molar-refractivity contribution in [2.75, 3.05) is 13.2 Å². The second-order valence-electron chi connectivity index (χ2n) is 5.37. The number of fused-ring (bicyclic) bond motifs is 1. The topological polar surface area (TPSA) is 6.48 Å². The first kappa shape index (κ1) is 14.6. The summed E-state index contributed by atoms with van der Waals surface area (Å²) >= 11 is 12.7. The molecule has 0 atom stereocenters. The Labute approximate surface area is 135 Å². The van der Waals surface area contributed by atoms with E-state index in [2.05, 4.69) is 59.2 Å². The highest BCUT2D eigenvalue weighted by Gasteiger charge is 2.25. The van der Waals surface area contributed by atoms with E-state index in [0.29, 0.717) is 10.3 Å². The summed E-state index contributed by atoms with van der Waals surface area (Å²) < 4.78 is 0. The van der Waals surface area contributed by atoms with Crippen LogP contribution in [-0.4, -0.2) is 23.0 Å². The second kappa shape index (κ2) is 6.17. The largest absolute Gasteiger partial charge is 0.342 e. The van der Waals surface area contributed by atoms with Gasteiger partial charge in [-0.25, -0.2) is 0 Å². The van der Waals surface area contributed by atoms with Crippen molar-refractivity contribution >= 4 is 34.0 Å². The Morgan fingerprint density at radius 1 is 0.952 bits per heavy atom. The molecule has 1 aliphatic rings. The Kier molecular flexibility index (Phi) is 4.27. The molecule has 0 unspecified atom stereocenters. The van der Waals surface area contributed by atoms with E-state index in [1.54, 1.807) is 0 Å². The predicted molar refractivity (Wildman–Crippen MR) is 90.1 cm³/mol. The summed E-state index contributed by atoms with van der Waals surface area (Å²) in [4.78, 5) is 4.23. The SMILES string of the molecule is CCCN1CN(Cc2ccc3ccccc3c2)C(Cl)=C1Cl. The van der Waals surface area contributed by atoms with Crippen LogP contribution < -0.4 is 0 Å². The van der Waals surface area contributed by atoms with Gasteiger partial charge in [0.1, 0.15) is 10.3 Å². The molecule has 0 spiro atoms. The Hall–Kier alpha value is -1.38. The fourth-order valence-corrected chi connectivity index (χ4v) is 3.20. The van der Waals surface area contributed by atoms with Gasteiger partial charge in [-0.1, -0.05) is 66.5 Å². The van der Waals surface area contributed by atoms with E-state index in [4.69, 9.17) is 23.2 Å². The Morgan fingerprint density at radius 3 is 2.43 bits per heavy atom. The van der Waals surface area contributed by atoms with Crippen molar-refractivity contribution in [3.63, 3.8) is 0 Å². The summed E-state index contributed by atoms with van der Waals surface area (Å²) in [6.45, 7) is 4.62. The van der Waals surface area contributed by atoms with Gasteiger partial charge in [-0.05, 0) is 28.8 Å². The van der Waals surface area contributed by atoms with E-state index < -0.39 is 0 Å². The number of hydrogen-bond donors (Lipinski definition) is 0. The summed E-state index contributed by atoms with van der Waals surface area (Å²) in [5.41, 5.74) is 1.25. The normalized spacial score (nSPS) is 15.4. The molecule has 0 radical (unpaired) electrons. The Balaban J connectivity index is 1.79. The van der Waals surface area contributed by atoms with E-state index in [-0.39, 0.29) is 0 Å². The third-order valence-electron chi connectivity index (χ3n) is 3.75. The molecule has 0 aromatic heterocycles. The predicted octanol–water partition coefficient (Wildman–Crippen LogP) is 4.93. The van der Waals surface area contributed by atoms with Crippen molar-refractivity contribution in [2.45, 2.75) is 19.9 Å². The highest BCUT2D eigenvalue weighted by atomic mass is 35.5. The van der Waals surface area contributed by atoms with E-state index in [1.165, 1.54) is 16.3 Å². The molecule has 4 heteroatoms. The number of benzene rings is 2. The highest BCUT2D eigenvalue weighted by Crippen LogP contribution is 2.31. The molecule has 1 heterocycles. The summed E-state index contributed by atoms with van der Waals surface area (Å²) in [5, 5.41) is 3.83. The van der Waals surface area contributed by atoms with Gasteiger partial charge in [-0.2, -0.15) is 0 Å². The maximum absolute atomic E-state index is 6.36.